The van der Waals surface area contributed by atoms with Gasteiger partial charge in [0.15, 0.2) is 0 Å². The van der Waals surface area contributed by atoms with Crippen molar-refractivity contribution in [2.75, 3.05) is 30.9 Å². The van der Waals surface area contributed by atoms with Gasteiger partial charge in [-0.05, 0) is 35.9 Å². The number of carbonyl (C=O) groups is 1. The van der Waals surface area contributed by atoms with Crippen molar-refractivity contribution in [3.8, 4) is 5.75 Å². The summed E-state index contributed by atoms with van der Waals surface area (Å²) >= 11 is 0. The number of methoxy groups -OCH3 is 1. The number of anilines is 2. The number of hydrogen-bond acceptors (Lipinski definition) is 6. The Bertz CT molecular complexity index is 886. The topological polar surface area (TPSA) is 85.4 Å². The van der Waals surface area contributed by atoms with Gasteiger partial charge in [-0.15, -0.1) is 0 Å². The summed E-state index contributed by atoms with van der Waals surface area (Å²) in [5.74, 6) is 0.804. The van der Waals surface area contributed by atoms with Crippen molar-refractivity contribution in [3.63, 3.8) is 0 Å². The summed E-state index contributed by atoms with van der Waals surface area (Å²) < 4.78 is 10.7. The lowest BCUT2D eigenvalue weighted by Gasteiger charge is -2.09. The lowest BCUT2D eigenvalue weighted by molar-refractivity contribution is 0.102. The molecular weight excluding hydrogens is 356 g/mol. The summed E-state index contributed by atoms with van der Waals surface area (Å²) in [5.41, 5.74) is 2.03. The summed E-state index contributed by atoms with van der Waals surface area (Å²) in [5, 5.41) is 5.81. The molecule has 28 heavy (non-hydrogen) atoms. The highest BCUT2D eigenvalue weighted by molar-refractivity contribution is 6.02. The highest BCUT2D eigenvalue weighted by Gasteiger charge is 2.09. The van der Waals surface area contributed by atoms with Crippen molar-refractivity contribution in [2.24, 2.45) is 0 Å². The molecular formula is C21H22N4O3. The normalized spacial score (nSPS) is 10.3. The molecule has 2 N–H and O–H groups in total. The van der Waals surface area contributed by atoms with E-state index in [1.165, 1.54) is 6.20 Å². The van der Waals surface area contributed by atoms with E-state index < -0.39 is 0 Å². The number of carbonyl (C=O) groups excluding carboxylic acids is 1. The molecule has 1 heterocycles. The number of aromatic nitrogens is 2. The first-order valence-electron chi connectivity index (χ1n) is 8.88. The molecule has 0 saturated heterocycles. The maximum absolute atomic E-state index is 12.4. The van der Waals surface area contributed by atoms with E-state index in [2.05, 4.69) is 20.6 Å². The molecule has 7 nitrogen and oxygen atoms in total. The highest BCUT2D eigenvalue weighted by Crippen LogP contribution is 2.17. The molecule has 0 bridgehead atoms. The second-order valence-electron chi connectivity index (χ2n) is 5.94. The van der Waals surface area contributed by atoms with Crippen LogP contribution in [0.15, 0.2) is 66.9 Å². The van der Waals surface area contributed by atoms with E-state index in [1.807, 2.05) is 42.5 Å². The number of rotatable bonds is 9. The molecule has 3 aromatic rings. The Labute approximate surface area is 163 Å². The molecule has 0 spiro atoms. The van der Waals surface area contributed by atoms with Crippen LogP contribution in [0.25, 0.3) is 0 Å². The van der Waals surface area contributed by atoms with E-state index >= 15 is 0 Å². The van der Waals surface area contributed by atoms with Gasteiger partial charge >= 0.3 is 0 Å². The molecule has 0 radical (unpaired) electrons. The van der Waals surface area contributed by atoms with Crippen LogP contribution in [0.5, 0.6) is 5.75 Å². The predicted molar refractivity (Wildman–Crippen MR) is 108 cm³/mol. The Hall–Kier alpha value is -3.45. The Balaban J connectivity index is 1.54. The first kappa shape index (κ1) is 19.3. The first-order chi connectivity index (χ1) is 13.7. The molecule has 0 unspecified atom stereocenters. The van der Waals surface area contributed by atoms with Crippen LogP contribution in [0.2, 0.25) is 0 Å². The lowest BCUT2D eigenvalue weighted by atomic mass is 10.2. The summed E-state index contributed by atoms with van der Waals surface area (Å²) in [6.45, 7) is 1.58. The Morgan fingerprint density at radius 2 is 1.82 bits per heavy atom. The molecule has 0 aliphatic carbocycles. The summed E-state index contributed by atoms with van der Waals surface area (Å²) in [6.07, 6.45) is 1.54. The molecule has 1 aromatic heterocycles. The van der Waals surface area contributed by atoms with Crippen molar-refractivity contribution >= 4 is 17.5 Å². The molecule has 0 fully saturated rings. The molecule has 0 aliphatic rings. The number of benzene rings is 2. The minimum atomic E-state index is -0.310. The number of hydrogen-bond donors (Lipinski definition) is 2. The van der Waals surface area contributed by atoms with Crippen molar-refractivity contribution in [1.29, 1.82) is 0 Å². The van der Waals surface area contributed by atoms with Gasteiger partial charge in [-0.25, -0.2) is 9.97 Å². The van der Waals surface area contributed by atoms with Gasteiger partial charge in [-0.2, -0.15) is 0 Å². The zero-order chi connectivity index (χ0) is 19.6. The lowest BCUT2D eigenvalue weighted by Crippen LogP contribution is -2.16. The molecule has 0 atom stereocenters. The number of nitrogens with one attached hydrogen (secondary N) is 2. The van der Waals surface area contributed by atoms with Gasteiger partial charge < -0.3 is 20.1 Å². The zero-order valence-electron chi connectivity index (χ0n) is 15.6. The Kier molecular flexibility index (Phi) is 6.92. The van der Waals surface area contributed by atoms with Gasteiger partial charge in [0, 0.05) is 25.5 Å². The van der Waals surface area contributed by atoms with Crippen LogP contribution in [0.1, 0.15) is 16.1 Å². The first-order valence-corrected chi connectivity index (χ1v) is 8.88. The van der Waals surface area contributed by atoms with Crippen LogP contribution in [0.3, 0.4) is 0 Å². The van der Waals surface area contributed by atoms with Gasteiger partial charge in [0.25, 0.3) is 5.91 Å². The quantitative estimate of drug-likeness (QED) is 0.555. The van der Waals surface area contributed by atoms with Gasteiger partial charge in [-0.1, -0.05) is 30.3 Å². The van der Waals surface area contributed by atoms with Crippen molar-refractivity contribution in [2.45, 2.75) is 6.61 Å². The Morgan fingerprint density at radius 1 is 1.04 bits per heavy atom. The van der Waals surface area contributed by atoms with Crippen LogP contribution >= 0.6 is 0 Å². The fourth-order valence-corrected chi connectivity index (χ4v) is 2.41. The minimum Gasteiger partial charge on any atom is -0.489 e. The van der Waals surface area contributed by atoms with Crippen molar-refractivity contribution in [1.82, 2.24) is 9.97 Å². The average molecular weight is 378 g/mol. The second-order valence-corrected chi connectivity index (χ2v) is 5.94. The Morgan fingerprint density at radius 3 is 2.57 bits per heavy atom. The summed E-state index contributed by atoms with van der Waals surface area (Å²) in [4.78, 5) is 20.7. The molecule has 7 heteroatoms. The molecule has 2 aromatic carbocycles. The summed E-state index contributed by atoms with van der Waals surface area (Å²) in [6, 6.07) is 18.7. The van der Waals surface area contributed by atoms with E-state index in [1.54, 1.807) is 25.3 Å². The fraction of sp³-hybridized carbons (Fsp3) is 0.190. The third-order valence-corrected chi connectivity index (χ3v) is 3.84. The fourth-order valence-electron chi connectivity index (χ4n) is 2.41. The zero-order valence-corrected chi connectivity index (χ0v) is 15.6. The maximum atomic E-state index is 12.4. The molecule has 0 saturated carbocycles. The number of nitrogens with zero attached hydrogens (tertiary/aromatic N) is 2. The smallest absolute Gasteiger partial charge is 0.274 e. The van der Waals surface area contributed by atoms with E-state index in [9.17, 15) is 4.79 Å². The molecule has 1 amide bonds. The number of amides is 1. The largest absolute Gasteiger partial charge is 0.489 e. The van der Waals surface area contributed by atoms with Gasteiger partial charge in [0.2, 0.25) is 5.95 Å². The molecule has 3 rings (SSSR count). The van der Waals surface area contributed by atoms with Gasteiger partial charge in [-0.3, -0.25) is 4.79 Å². The standard InChI is InChI=1S/C21H22N4O3/c1-27-14-13-23-21-22-12-11-19(25-21)20(26)24-17-7-9-18(10-8-17)28-15-16-5-3-2-4-6-16/h2-12H,13-15H2,1H3,(H,24,26)(H,22,23,25). The molecule has 144 valence electrons. The highest BCUT2D eigenvalue weighted by atomic mass is 16.5. The average Bonchev–Trinajstić information content (AvgIpc) is 2.74. The predicted octanol–water partition coefficient (Wildman–Crippen LogP) is 3.37. The summed E-state index contributed by atoms with van der Waals surface area (Å²) in [7, 11) is 1.62. The van der Waals surface area contributed by atoms with E-state index in [0.717, 1.165) is 11.3 Å². The van der Waals surface area contributed by atoms with E-state index in [4.69, 9.17) is 9.47 Å². The third kappa shape index (κ3) is 5.78. The van der Waals surface area contributed by atoms with Crippen LogP contribution < -0.4 is 15.4 Å². The van der Waals surface area contributed by atoms with Crippen LogP contribution in [-0.2, 0) is 11.3 Å². The second kappa shape index (κ2) is 10.0. The monoisotopic (exact) mass is 378 g/mol. The third-order valence-electron chi connectivity index (χ3n) is 3.84. The van der Waals surface area contributed by atoms with Crippen LogP contribution in [0.4, 0.5) is 11.6 Å². The molecule has 0 aliphatic heterocycles. The maximum Gasteiger partial charge on any atom is 0.274 e. The van der Waals surface area contributed by atoms with Crippen molar-refractivity contribution in [3.05, 3.63) is 78.1 Å². The minimum absolute atomic E-state index is 0.277. The van der Waals surface area contributed by atoms with E-state index in [-0.39, 0.29) is 11.6 Å². The van der Waals surface area contributed by atoms with Gasteiger partial charge in [0.05, 0.1) is 6.61 Å². The SMILES string of the molecule is COCCNc1nccc(C(=O)Nc2ccc(OCc3ccccc3)cc2)n1. The van der Waals surface area contributed by atoms with Crippen molar-refractivity contribution < 1.29 is 14.3 Å². The van der Waals surface area contributed by atoms with E-state index in [0.29, 0.717) is 31.4 Å². The van der Waals surface area contributed by atoms with Crippen LogP contribution in [0, 0.1) is 0 Å². The van der Waals surface area contributed by atoms with Gasteiger partial charge in [0.1, 0.15) is 18.1 Å². The van der Waals surface area contributed by atoms with Crippen LogP contribution in [-0.4, -0.2) is 36.1 Å². The number of ether oxygens (including phenoxy) is 2.